The van der Waals surface area contributed by atoms with Gasteiger partial charge in [-0.15, -0.1) is 24.8 Å². The average molecular weight is 310 g/mol. The lowest BCUT2D eigenvalue weighted by molar-refractivity contribution is 0.0785. The van der Waals surface area contributed by atoms with Crippen LogP contribution in [0.1, 0.15) is 23.7 Å². The van der Waals surface area contributed by atoms with Crippen molar-refractivity contribution in [3.05, 3.63) is 29.8 Å². The van der Waals surface area contributed by atoms with Crippen LogP contribution in [0.25, 0.3) is 0 Å². The maximum absolute atomic E-state index is 13.0. The number of halogens is 3. The van der Waals surface area contributed by atoms with E-state index < -0.39 is 5.82 Å². The summed E-state index contributed by atoms with van der Waals surface area (Å²) in [5, 5.41) is 0. The van der Waals surface area contributed by atoms with E-state index in [0.717, 1.165) is 12.6 Å². The molecule has 1 aromatic rings. The van der Waals surface area contributed by atoms with Crippen LogP contribution in [0.3, 0.4) is 0 Å². The summed E-state index contributed by atoms with van der Waals surface area (Å²) in [6.45, 7) is 3.27. The summed E-state index contributed by atoms with van der Waals surface area (Å²) in [7, 11) is 0. The first-order valence-electron chi connectivity index (χ1n) is 5.73. The topological polar surface area (TPSA) is 59.2 Å². The standard InChI is InChI=1S/C12H16FN3O.2ClH/c1-8(14)9-2-3-16(7-9)12(17)10-4-11(13)6-15-5-10;;/h4-6,8-9H,2-3,7,14H2,1H3;2*1H. The van der Waals surface area contributed by atoms with Crippen LogP contribution >= 0.6 is 24.8 Å². The highest BCUT2D eigenvalue weighted by atomic mass is 35.5. The number of hydrogen-bond donors (Lipinski definition) is 1. The lowest BCUT2D eigenvalue weighted by Crippen LogP contribution is -2.33. The smallest absolute Gasteiger partial charge is 0.255 e. The van der Waals surface area contributed by atoms with E-state index in [2.05, 4.69) is 4.98 Å². The van der Waals surface area contributed by atoms with Crippen LogP contribution < -0.4 is 5.73 Å². The molecule has 1 aromatic heterocycles. The lowest BCUT2D eigenvalue weighted by atomic mass is 10.0. The number of carbonyl (C=O) groups is 1. The number of nitrogens with zero attached hydrogens (tertiary/aromatic N) is 2. The van der Waals surface area contributed by atoms with Crippen molar-refractivity contribution in [3.8, 4) is 0 Å². The minimum absolute atomic E-state index is 0. The Kier molecular flexibility index (Phi) is 7.26. The highest BCUT2D eigenvalue weighted by Crippen LogP contribution is 2.20. The Morgan fingerprint density at radius 3 is 2.74 bits per heavy atom. The number of nitrogens with two attached hydrogens (primary N) is 1. The molecule has 0 saturated carbocycles. The number of rotatable bonds is 2. The minimum atomic E-state index is -0.487. The predicted molar refractivity (Wildman–Crippen MR) is 76.4 cm³/mol. The Morgan fingerprint density at radius 1 is 1.53 bits per heavy atom. The molecule has 1 aliphatic rings. The minimum Gasteiger partial charge on any atom is -0.338 e. The van der Waals surface area contributed by atoms with Crippen molar-refractivity contribution in [1.29, 1.82) is 0 Å². The van der Waals surface area contributed by atoms with E-state index in [-0.39, 0.29) is 36.8 Å². The van der Waals surface area contributed by atoms with Gasteiger partial charge in [-0.3, -0.25) is 9.78 Å². The zero-order valence-electron chi connectivity index (χ0n) is 10.6. The molecular weight excluding hydrogens is 292 g/mol. The van der Waals surface area contributed by atoms with Crippen LogP contribution in [-0.2, 0) is 0 Å². The van der Waals surface area contributed by atoms with Crippen LogP contribution in [-0.4, -0.2) is 34.9 Å². The van der Waals surface area contributed by atoms with Crippen LogP contribution in [0.5, 0.6) is 0 Å². The second-order valence-electron chi connectivity index (χ2n) is 4.55. The van der Waals surface area contributed by atoms with E-state index in [9.17, 15) is 9.18 Å². The van der Waals surface area contributed by atoms with Crippen molar-refractivity contribution >= 4 is 30.7 Å². The Morgan fingerprint density at radius 2 is 2.21 bits per heavy atom. The summed E-state index contributed by atoms with van der Waals surface area (Å²) in [4.78, 5) is 17.4. The lowest BCUT2D eigenvalue weighted by Gasteiger charge is -2.18. The number of aromatic nitrogens is 1. The maximum Gasteiger partial charge on any atom is 0.255 e. The van der Waals surface area contributed by atoms with Gasteiger partial charge in [0.2, 0.25) is 0 Å². The SMILES string of the molecule is CC(N)C1CCN(C(=O)c2cncc(F)c2)C1.Cl.Cl. The van der Waals surface area contributed by atoms with Gasteiger partial charge in [0.25, 0.3) is 5.91 Å². The van der Waals surface area contributed by atoms with Crippen molar-refractivity contribution in [2.45, 2.75) is 19.4 Å². The third kappa shape index (κ3) is 4.30. The second-order valence-corrected chi connectivity index (χ2v) is 4.55. The first-order chi connectivity index (χ1) is 8.08. The highest BCUT2D eigenvalue weighted by molar-refractivity contribution is 5.94. The van der Waals surface area contributed by atoms with Gasteiger partial charge in [0.1, 0.15) is 5.82 Å². The van der Waals surface area contributed by atoms with E-state index in [0.29, 0.717) is 24.6 Å². The Hall–Kier alpha value is -0.910. The van der Waals surface area contributed by atoms with E-state index >= 15 is 0 Å². The molecular formula is C12H18Cl2FN3O. The molecule has 108 valence electrons. The van der Waals surface area contributed by atoms with E-state index in [1.165, 1.54) is 12.3 Å². The molecule has 0 spiro atoms. The monoisotopic (exact) mass is 309 g/mol. The van der Waals surface area contributed by atoms with Crippen molar-refractivity contribution in [3.63, 3.8) is 0 Å². The molecule has 2 unspecified atom stereocenters. The van der Waals surface area contributed by atoms with Crippen LogP contribution in [0.4, 0.5) is 4.39 Å². The molecule has 7 heteroatoms. The van der Waals surface area contributed by atoms with E-state index in [4.69, 9.17) is 5.73 Å². The van der Waals surface area contributed by atoms with E-state index in [1.54, 1.807) is 4.90 Å². The van der Waals surface area contributed by atoms with Crippen LogP contribution in [0, 0.1) is 11.7 Å². The summed E-state index contributed by atoms with van der Waals surface area (Å²) >= 11 is 0. The van der Waals surface area contributed by atoms with Gasteiger partial charge < -0.3 is 10.6 Å². The molecule has 0 aliphatic carbocycles. The highest BCUT2D eigenvalue weighted by Gasteiger charge is 2.29. The first kappa shape index (κ1) is 18.1. The molecule has 0 radical (unpaired) electrons. The molecule has 1 aliphatic heterocycles. The first-order valence-corrected chi connectivity index (χ1v) is 5.73. The third-order valence-electron chi connectivity index (χ3n) is 3.21. The molecule has 0 bridgehead atoms. The molecule has 0 aromatic carbocycles. The fraction of sp³-hybridized carbons (Fsp3) is 0.500. The van der Waals surface area contributed by atoms with Gasteiger partial charge in [-0.1, -0.05) is 0 Å². The van der Waals surface area contributed by atoms with Gasteiger partial charge in [-0.25, -0.2) is 4.39 Å². The zero-order chi connectivity index (χ0) is 12.4. The largest absolute Gasteiger partial charge is 0.338 e. The number of likely N-dealkylation sites (tertiary alicyclic amines) is 1. The number of pyridine rings is 1. The fourth-order valence-electron chi connectivity index (χ4n) is 2.11. The Balaban J connectivity index is 0.00000162. The van der Waals surface area contributed by atoms with E-state index in [1.807, 2.05) is 6.92 Å². The molecule has 1 amide bonds. The summed E-state index contributed by atoms with van der Waals surface area (Å²) in [6.07, 6.45) is 3.39. The normalized spacial score (nSPS) is 19.3. The molecule has 2 rings (SSSR count). The molecule has 1 fully saturated rings. The van der Waals surface area contributed by atoms with Gasteiger partial charge in [-0.05, 0) is 25.3 Å². The third-order valence-corrected chi connectivity index (χ3v) is 3.21. The van der Waals surface area contributed by atoms with Crippen LogP contribution in [0.2, 0.25) is 0 Å². The summed E-state index contributed by atoms with van der Waals surface area (Å²) in [5.41, 5.74) is 6.11. The Bertz CT molecular complexity index is 431. The van der Waals surface area contributed by atoms with Crippen molar-refractivity contribution in [2.24, 2.45) is 11.7 Å². The van der Waals surface area contributed by atoms with Gasteiger partial charge in [0, 0.05) is 25.3 Å². The zero-order valence-corrected chi connectivity index (χ0v) is 12.2. The number of hydrogen-bond acceptors (Lipinski definition) is 3. The van der Waals surface area contributed by atoms with Crippen LogP contribution in [0.15, 0.2) is 18.5 Å². The van der Waals surface area contributed by atoms with Gasteiger partial charge >= 0.3 is 0 Å². The van der Waals surface area contributed by atoms with Crippen molar-refractivity contribution < 1.29 is 9.18 Å². The van der Waals surface area contributed by atoms with Gasteiger partial charge in [0.05, 0.1) is 11.8 Å². The molecule has 4 nitrogen and oxygen atoms in total. The molecule has 2 heterocycles. The number of carbonyl (C=O) groups excluding carboxylic acids is 1. The Labute approximate surface area is 124 Å². The molecule has 1 saturated heterocycles. The molecule has 19 heavy (non-hydrogen) atoms. The summed E-state index contributed by atoms with van der Waals surface area (Å²) < 4.78 is 13.0. The second kappa shape index (κ2) is 7.62. The summed E-state index contributed by atoms with van der Waals surface area (Å²) in [6, 6.07) is 1.30. The average Bonchev–Trinajstić information content (AvgIpc) is 2.77. The van der Waals surface area contributed by atoms with Crippen molar-refractivity contribution in [1.82, 2.24) is 9.88 Å². The maximum atomic E-state index is 13.0. The number of amides is 1. The molecule has 2 N–H and O–H groups in total. The fourth-order valence-corrected chi connectivity index (χ4v) is 2.11. The van der Waals surface area contributed by atoms with Crippen molar-refractivity contribution in [2.75, 3.05) is 13.1 Å². The molecule has 2 atom stereocenters. The van der Waals surface area contributed by atoms with Gasteiger partial charge in [-0.2, -0.15) is 0 Å². The quantitative estimate of drug-likeness (QED) is 0.907. The summed E-state index contributed by atoms with van der Waals surface area (Å²) in [5.74, 6) is -0.320. The van der Waals surface area contributed by atoms with Gasteiger partial charge in [0.15, 0.2) is 0 Å². The predicted octanol–water partition coefficient (Wildman–Crippen LogP) is 1.87.